The van der Waals surface area contributed by atoms with Crippen LogP contribution in [-0.2, 0) is 0 Å². The van der Waals surface area contributed by atoms with Crippen molar-refractivity contribution in [3.8, 4) is 0 Å². The van der Waals surface area contributed by atoms with Crippen LogP contribution in [0.15, 0.2) is 9.90 Å². The van der Waals surface area contributed by atoms with E-state index in [2.05, 4.69) is 25.4 Å². The normalized spacial score (nSPS) is 15.9. The summed E-state index contributed by atoms with van der Waals surface area (Å²) in [4.78, 5) is 12.0. The van der Waals surface area contributed by atoms with Crippen molar-refractivity contribution >= 4 is 23.3 Å². The van der Waals surface area contributed by atoms with E-state index in [1.165, 1.54) is 11.5 Å². The lowest BCUT2D eigenvalue weighted by atomic mass is 10.2. The van der Waals surface area contributed by atoms with Gasteiger partial charge in [0.25, 0.3) is 0 Å². The average molecular weight is 293 g/mol. The number of aryl methyl sites for hydroxylation is 1. The van der Waals surface area contributed by atoms with Crippen molar-refractivity contribution in [1.82, 2.24) is 20.1 Å². The largest absolute Gasteiger partial charge is 0.359 e. The Labute approximate surface area is 119 Å². The molecular weight excluding hydrogens is 278 g/mol. The predicted octanol–water partition coefficient (Wildman–Crippen LogP) is 2.59. The van der Waals surface area contributed by atoms with Gasteiger partial charge in [-0.25, -0.2) is 4.79 Å². The van der Waals surface area contributed by atoms with Crippen molar-refractivity contribution in [2.24, 2.45) is 0 Å². The minimum absolute atomic E-state index is 0.196. The molecule has 8 heteroatoms. The van der Waals surface area contributed by atoms with Crippen LogP contribution >= 0.6 is 11.5 Å². The number of aromatic nitrogens is 3. The molecule has 2 N–H and O–H groups in total. The molecule has 1 aliphatic rings. The van der Waals surface area contributed by atoms with Gasteiger partial charge < -0.3 is 15.2 Å². The molecule has 20 heavy (non-hydrogen) atoms. The van der Waals surface area contributed by atoms with Crippen LogP contribution in [0, 0.1) is 6.92 Å². The fraction of sp³-hybridized carbons (Fsp3) is 0.500. The third-order valence-corrected chi connectivity index (χ3v) is 3.77. The molecule has 1 atom stereocenters. The summed E-state index contributed by atoms with van der Waals surface area (Å²) >= 11 is 1.26. The van der Waals surface area contributed by atoms with Crippen LogP contribution in [0.2, 0.25) is 0 Å². The van der Waals surface area contributed by atoms with Gasteiger partial charge in [-0.15, -0.1) is 5.10 Å². The van der Waals surface area contributed by atoms with Crippen LogP contribution in [0.3, 0.4) is 0 Å². The summed E-state index contributed by atoms with van der Waals surface area (Å²) in [5, 5.41) is 15.3. The zero-order chi connectivity index (χ0) is 14.1. The van der Waals surface area contributed by atoms with E-state index in [0.717, 1.165) is 24.3 Å². The van der Waals surface area contributed by atoms with Crippen molar-refractivity contribution in [3.63, 3.8) is 0 Å². The number of nitrogens with one attached hydrogen (secondary N) is 2. The van der Waals surface area contributed by atoms with E-state index in [4.69, 9.17) is 4.52 Å². The predicted molar refractivity (Wildman–Crippen MR) is 73.7 cm³/mol. The third kappa shape index (κ3) is 2.64. The smallest absolute Gasteiger partial charge is 0.319 e. The Bertz CT molecular complexity index is 605. The third-order valence-electron chi connectivity index (χ3n) is 3.24. The standard InChI is InChI=1S/C12H15N5O2S/c1-6(9-5-20-17-15-9)13-12(18)14-10-7(2)16-19-11(10)8-3-4-8/h5-6,8H,3-4H2,1-2H3,(H2,13,14,18). The highest BCUT2D eigenvalue weighted by Gasteiger charge is 2.32. The summed E-state index contributed by atoms with van der Waals surface area (Å²) in [6.45, 7) is 3.68. The van der Waals surface area contributed by atoms with Gasteiger partial charge in [-0.3, -0.25) is 0 Å². The maximum Gasteiger partial charge on any atom is 0.319 e. The van der Waals surface area contributed by atoms with E-state index in [1.807, 2.05) is 19.2 Å². The van der Waals surface area contributed by atoms with E-state index in [-0.39, 0.29) is 12.1 Å². The number of hydrogen-bond acceptors (Lipinski definition) is 6. The molecule has 106 valence electrons. The summed E-state index contributed by atoms with van der Waals surface area (Å²) in [5.41, 5.74) is 2.13. The van der Waals surface area contributed by atoms with Gasteiger partial charge in [0.05, 0.1) is 11.7 Å². The summed E-state index contributed by atoms with van der Waals surface area (Å²) in [6, 6.07) is -0.489. The second-order valence-electron chi connectivity index (χ2n) is 4.93. The molecule has 3 rings (SSSR count). The molecule has 2 aromatic heterocycles. The Kier molecular flexibility index (Phi) is 3.39. The van der Waals surface area contributed by atoms with Crippen LogP contribution in [0.5, 0.6) is 0 Å². The van der Waals surface area contributed by atoms with Crippen LogP contribution in [-0.4, -0.2) is 20.8 Å². The first-order valence-corrected chi connectivity index (χ1v) is 7.29. The molecule has 1 saturated carbocycles. The first-order valence-electron chi connectivity index (χ1n) is 6.45. The van der Waals surface area contributed by atoms with E-state index >= 15 is 0 Å². The second kappa shape index (κ2) is 5.20. The fourth-order valence-corrected chi connectivity index (χ4v) is 2.49. The van der Waals surface area contributed by atoms with Gasteiger partial charge in [0.2, 0.25) is 0 Å². The van der Waals surface area contributed by atoms with Crippen LogP contribution in [0.1, 0.15) is 48.9 Å². The maximum atomic E-state index is 12.0. The molecule has 2 amide bonds. The lowest BCUT2D eigenvalue weighted by molar-refractivity contribution is 0.249. The number of carbonyl (C=O) groups excluding carboxylic acids is 1. The Morgan fingerprint density at radius 3 is 3.00 bits per heavy atom. The van der Waals surface area contributed by atoms with Gasteiger partial charge in [-0.05, 0) is 38.2 Å². The lowest BCUT2D eigenvalue weighted by Gasteiger charge is -2.12. The summed E-state index contributed by atoms with van der Waals surface area (Å²) < 4.78 is 9.07. The number of nitrogens with zero attached hydrogens (tertiary/aromatic N) is 3. The molecule has 0 bridgehead atoms. The monoisotopic (exact) mass is 293 g/mol. The quantitative estimate of drug-likeness (QED) is 0.903. The fourth-order valence-electron chi connectivity index (χ4n) is 1.94. The molecule has 0 spiro atoms. The Balaban J connectivity index is 1.65. The van der Waals surface area contributed by atoms with E-state index < -0.39 is 0 Å². The maximum absolute atomic E-state index is 12.0. The Hall–Kier alpha value is -1.96. The van der Waals surface area contributed by atoms with Crippen molar-refractivity contribution < 1.29 is 9.32 Å². The van der Waals surface area contributed by atoms with Gasteiger partial charge in [-0.2, -0.15) is 0 Å². The molecule has 1 fully saturated rings. The van der Waals surface area contributed by atoms with E-state index in [9.17, 15) is 4.79 Å². The highest BCUT2D eigenvalue weighted by atomic mass is 32.1. The van der Waals surface area contributed by atoms with Crippen LogP contribution < -0.4 is 10.6 Å². The van der Waals surface area contributed by atoms with E-state index in [1.54, 1.807) is 0 Å². The minimum atomic E-state index is -0.293. The van der Waals surface area contributed by atoms with Gasteiger partial charge in [0.1, 0.15) is 11.4 Å². The summed E-state index contributed by atoms with van der Waals surface area (Å²) in [7, 11) is 0. The van der Waals surface area contributed by atoms with Crippen LogP contribution in [0.25, 0.3) is 0 Å². The van der Waals surface area contributed by atoms with Gasteiger partial charge >= 0.3 is 6.03 Å². The Morgan fingerprint density at radius 1 is 1.55 bits per heavy atom. The first kappa shape index (κ1) is 13.0. The Morgan fingerprint density at radius 2 is 2.35 bits per heavy atom. The molecular formula is C12H15N5O2S. The minimum Gasteiger partial charge on any atom is -0.359 e. The second-order valence-corrected chi connectivity index (χ2v) is 5.54. The van der Waals surface area contributed by atoms with Crippen LogP contribution in [0.4, 0.5) is 10.5 Å². The van der Waals surface area contributed by atoms with Crippen molar-refractivity contribution in [3.05, 3.63) is 22.5 Å². The van der Waals surface area contributed by atoms with E-state index in [0.29, 0.717) is 17.3 Å². The molecule has 2 heterocycles. The average Bonchev–Trinajstić information content (AvgIpc) is 2.98. The number of amides is 2. The molecule has 0 saturated heterocycles. The summed E-state index contributed by atoms with van der Waals surface area (Å²) in [6.07, 6.45) is 2.18. The topological polar surface area (TPSA) is 92.9 Å². The number of hydrogen-bond donors (Lipinski definition) is 2. The lowest BCUT2D eigenvalue weighted by Crippen LogP contribution is -2.31. The number of rotatable bonds is 4. The van der Waals surface area contributed by atoms with Gasteiger partial charge in [0.15, 0.2) is 5.76 Å². The molecule has 2 aromatic rings. The zero-order valence-electron chi connectivity index (χ0n) is 11.2. The van der Waals surface area contributed by atoms with Crippen molar-refractivity contribution in [2.45, 2.75) is 38.6 Å². The zero-order valence-corrected chi connectivity index (χ0v) is 12.0. The first-order chi connectivity index (χ1) is 9.65. The molecule has 7 nitrogen and oxygen atoms in total. The number of urea groups is 1. The molecule has 1 aliphatic carbocycles. The molecule has 0 aromatic carbocycles. The van der Waals surface area contributed by atoms with Crippen molar-refractivity contribution in [1.29, 1.82) is 0 Å². The molecule has 0 aliphatic heterocycles. The van der Waals surface area contributed by atoms with Gasteiger partial charge in [0, 0.05) is 11.3 Å². The summed E-state index contributed by atoms with van der Waals surface area (Å²) in [5.74, 6) is 1.17. The molecule has 1 unspecified atom stereocenters. The SMILES string of the molecule is Cc1noc(C2CC2)c1NC(=O)NC(C)c1csnn1. The highest BCUT2D eigenvalue weighted by Crippen LogP contribution is 2.44. The number of anilines is 1. The number of carbonyl (C=O) groups is 1. The highest BCUT2D eigenvalue weighted by molar-refractivity contribution is 7.03. The van der Waals surface area contributed by atoms with Crippen molar-refractivity contribution in [2.75, 3.05) is 5.32 Å². The molecule has 0 radical (unpaired) electrons. The van der Waals surface area contributed by atoms with Gasteiger partial charge in [-0.1, -0.05) is 9.64 Å².